The number of hydrogen-bond donors (Lipinski definition) is 2. The van der Waals surface area contributed by atoms with Crippen LogP contribution in [0.4, 0.5) is 5.69 Å². The lowest BCUT2D eigenvalue weighted by atomic mass is 9.89. The van der Waals surface area contributed by atoms with E-state index in [1.54, 1.807) is 7.11 Å². The Morgan fingerprint density at radius 3 is 2.67 bits per heavy atom. The van der Waals surface area contributed by atoms with E-state index in [0.717, 1.165) is 33.8 Å². The van der Waals surface area contributed by atoms with Crippen molar-refractivity contribution in [1.82, 2.24) is 9.38 Å². The van der Waals surface area contributed by atoms with Gasteiger partial charge in [0.1, 0.15) is 12.2 Å². The molecule has 0 bridgehead atoms. The van der Waals surface area contributed by atoms with E-state index >= 15 is 0 Å². The Hall–Kier alpha value is -2.41. The molecule has 0 saturated carbocycles. The number of aromatic nitrogens is 2. The van der Waals surface area contributed by atoms with Gasteiger partial charge in [-0.2, -0.15) is 0 Å². The van der Waals surface area contributed by atoms with Crippen molar-refractivity contribution in [3.8, 4) is 0 Å². The van der Waals surface area contributed by atoms with Gasteiger partial charge < -0.3 is 24.3 Å². The predicted molar refractivity (Wildman–Crippen MR) is 104 cm³/mol. The summed E-state index contributed by atoms with van der Waals surface area (Å²) in [5, 5.41) is 14.6. The van der Waals surface area contributed by atoms with Crippen LogP contribution in [0, 0.1) is 13.8 Å². The Bertz CT molecular complexity index is 939. The summed E-state index contributed by atoms with van der Waals surface area (Å²) < 4.78 is 13.2. The SMILES string of the molecule is COCCO[C@@H]1c2ccn3c(C)c(C)nc3c2NC(c2ccccc2)C1O. The number of benzene rings is 1. The van der Waals surface area contributed by atoms with Crippen LogP contribution in [0.25, 0.3) is 5.65 Å². The van der Waals surface area contributed by atoms with Crippen molar-refractivity contribution < 1.29 is 14.6 Å². The minimum Gasteiger partial charge on any atom is -0.388 e. The van der Waals surface area contributed by atoms with Gasteiger partial charge >= 0.3 is 0 Å². The maximum atomic E-state index is 11.1. The highest BCUT2D eigenvalue weighted by molar-refractivity contribution is 5.75. The van der Waals surface area contributed by atoms with E-state index in [1.165, 1.54) is 0 Å². The van der Waals surface area contributed by atoms with Crippen LogP contribution in [0.15, 0.2) is 42.6 Å². The number of ether oxygens (including phenoxy) is 2. The number of rotatable bonds is 5. The topological polar surface area (TPSA) is 68.0 Å². The van der Waals surface area contributed by atoms with Crippen molar-refractivity contribution in [1.29, 1.82) is 0 Å². The molecule has 2 N–H and O–H groups in total. The average molecular weight is 367 g/mol. The highest BCUT2D eigenvalue weighted by Crippen LogP contribution is 2.43. The van der Waals surface area contributed by atoms with Gasteiger partial charge in [-0.1, -0.05) is 30.3 Å². The maximum Gasteiger partial charge on any atom is 0.161 e. The lowest BCUT2D eigenvalue weighted by Crippen LogP contribution is -2.38. The Morgan fingerprint density at radius 1 is 1.15 bits per heavy atom. The van der Waals surface area contributed by atoms with Gasteiger partial charge in [0.2, 0.25) is 0 Å². The maximum absolute atomic E-state index is 11.1. The molecule has 0 saturated heterocycles. The van der Waals surface area contributed by atoms with Crippen molar-refractivity contribution in [3.63, 3.8) is 0 Å². The second-order valence-electron chi connectivity index (χ2n) is 6.93. The molecule has 1 aliphatic rings. The molecule has 3 heterocycles. The summed E-state index contributed by atoms with van der Waals surface area (Å²) in [4.78, 5) is 4.75. The van der Waals surface area contributed by atoms with Crippen LogP contribution in [0.3, 0.4) is 0 Å². The highest BCUT2D eigenvalue weighted by atomic mass is 16.5. The summed E-state index contributed by atoms with van der Waals surface area (Å²) in [6.07, 6.45) is 0.813. The standard InChI is InChI=1S/C21H25N3O3/c1-13-14(2)24-10-9-16-18(21(24)22-13)23-17(15-7-5-4-6-8-15)19(25)20(16)27-12-11-26-3/h4-10,17,19-20,23,25H,11-12H2,1-3H3/t17?,19?,20-/m1/s1. The molecule has 3 aromatic rings. The molecule has 0 aliphatic carbocycles. The van der Waals surface area contributed by atoms with E-state index in [1.807, 2.05) is 49.5 Å². The summed E-state index contributed by atoms with van der Waals surface area (Å²) in [6.45, 7) is 4.96. The molecule has 0 fully saturated rings. The van der Waals surface area contributed by atoms with E-state index in [-0.39, 0.29) is 6.04 Å². The molecule has 0 amide bonds. The van der Waals surface area contributed by atoms with Crippen molar-refractivity contribution in [3.05, 3.63) is 65.1 Å². The number of aliphatic hydroxyl groups excluding tert-OH is 1. The van der Waals surface area contributed by atoms with Crippen LogP contribution in [0.2, 0.25) is 0 Å². The number of fused-ring (bicyclic) bond motifs is 3. The molecule has 0 radical (unpaired) electrons. The zero-order valence-electron chi connectivity index (χ0n) is 15.8. The predicted octanol–water partition coefficient (Wildman–Crippen LogP) is 3.18. The second-order valence-corrected chi connectivity index (χ2v) is 6.93. The molecule has 0 spiro atoms. The first kappa shape index (κ1) is 18.0. The second kappa shape index (κ2) is 7.31. The third-order valence-electron chi connectivity index (χ3n) is 5.30. The molecule has 142 valence electrons. The first-order chi connectivity index (χ1) is 13.1. The van der Waals surface area contributed by atoms with Gasteiger partial charge in [-0.05, 0) is 25.5 Å². The molecule has 2 unspecified atom stereocenters. The first-order valence-corrected chi connectivity index (χ1v) is 9.20. The van der Waals surface area contributed by atoms with Crippen LogP contribution in [0.5, 0.6) is 0 Å². The summed E-state index contributed by atoms with van der Waals surface area (Å²) in [6, 6.07) is 11.7. The molecule has 4 rings (SSSR count). The Balaban J connectivity index is 1.82. The Kier molecular flexibility index (Phi) is 4.86. The van der Waals surface area contributed by atoms with Gasteiger partial charge in [-0.25, -0.2) is 4.98 Å². The van der Waals surface area contributed by atoms with Gasteiger partial charge in [0, 0.05) is 24.6 Å². The molecule has 1 aromatic carbocycles. The molecule has 2 aromatic heterocycles. The number of aliphatic hydroxyl groups is 1. The average Bonchev–Trinajstić information content (AvgIpc) is 2.98. The third-order valence-corrected chi connectivity index (χ3v) is 5.30. The van der Waals surface area contributed by atoms with Crippen molar-refractivity contribution >= 4 is 11.3 Å². The molecule has 6 heteroatoms. The number of methoxy groups -OCH3 is 1. The third kappa shape index (κ3) is 3.10. The quantitative estimate of drug-likeness (QED) is 0.678. The fraction of sp³-hybridized carbons (Fsp3) is 0.381. The zero-order valence-corrected chi connectivity index (χ0v) is 15.8. The molecule has 6 nitrogen and oxygen atoms in total. The molecule has 3 atom stereocenters. The number of nitrogens with zero attached hydrogens (tertiary/aromatic N) is 2. The zero-order chi connectivity index (χ0) is 19.0. The van der Waals surface area contributed by atoms with Crippen LogP contribution >= 0.6 is 0 Å². The van der Waals surface area contributed by atoms with E-state index < -0.39 is 12.2 Å². The fourth-order valence-electron chi connectivity index (χ4n) is 3.73. The number of aryl methyl sites for hydroxylation is 2. The normalized spacial score (nSPS) is 21.9. The van der Waals surface area contributed by atoms with Gasteiger partial charge in [0.05, 0.1) is 30.6 Å². The summed E-state index contributed by atoms with van der Waals surface area (Å²) >= 11 is 0. The summed E-state index contributed by atoms with van der Waals surface area (Å²) in [5.74, 6) is 0. The first-order valence-electron chi connectivity index (χ1n) is 9.20. The number of hydrogen-bond acceptors (Lipinski definition) is 5. The van der Waals surface area contributed by atoms with Crippen molar-refractivity contribution in [2.75, 3.05) is 25.6 Å². The van der Waals surface area contributed by atoms with Gasteiger partial charge in [-0.15, -0.1) is 0 Å². The lowest BCUT2D eigenvalue weighted by Gasteiger charge is -2.38. The minimum atomic E-state index is -0.726. The fourth-order valence-corrected chi connectivity index (χ4v) is 3.73. The Labute approximate surface area is 158 Å². The smallest absolute Gasteiger partial charge is 0.161 e. The van der Waals surface area contributed by atoms with Gasteiger partial charge in [0.25, 0.3) is 0 Å². The molecule has 27 heavy (non-hydrogen) atoms. The summed E-state index contributed by atoms with van der Waals surface area (Å²) in [5.41, 5.74) is 5.80. The van der Waals surface area contributed by atoms with Crippen LogP contribution in [0.1, 0.15) is 34.7 Å². The van der Waals surface area contributed by atoms with Crippen LogP contribution in [-0.4, -0.2) is 40.9 Å². The van der Waals surface area contributed by atoms with E-state index in [0.29, 0.717) is 13.2 Å². The Morgan fingerprint density at radius 2 is 1.93 bits per heavy atom. The van der Waals surface area contributed by atoms with Gasteiger partial charge in [-0.3, -0.25) is 0 Å². The number of nitrogens with one attached hydrogen (secondary N) is 1. The molecular weight excluding hydrogens is 342 g/mol. The van der Waals surface area contributed by atoms with Gasteiger partial charge in [0.15, 0.2) is 5.65 Å². The van der Waals surface area contributed by atoms with E-state index in [9.17, 15) is 5.11 Å². The number of pyridine rings is 1. The monoisotopic (exact) mass is 367 g/mol. The lowest BCUT2D eigenvalue weighted by molar-refractivity contribution is -0.0633. The summed E-state index contributed by atoms with van der Waals surface area (Å²) in [7, 11) is 1.64. The van der Waals surface area contributed by atoms with Crippen molar-refractivity contribution in [2.24, 2.45) is 0 Å². The van der Waals surface area contributed by atoms with Crippen LogP contribution < -0.4 is 5.32 Å². The molecular formula is C21H25N3O3. The van der Waals surface area contributed by atoms with Crippen LogP contribution in [-0.2, 0) is 9.47 Å². The largest absolute Gasteiger partial charge is 0.388 e. The highest BCUT2D eigenvalue weighted by Gasteiger charge is 2.38. The van der Waals surface area contributed by atoms with E-state index in [4.69, 9.17) is 14.5 Å². The minimum absolute atomic E-state index is 0.283. The van der Waals surface area contributed by atoms with Crippen molar-refractivity contribution in [2.45, 2.75) is 32.1 Å². The number of imidazole rings is 1. The number of anilines is 1. The molecule has 1 aliphatic heterocycles. The van der Waals surface area contributed by atoms with E-state index in [2.05, 4.69) is 16.6 Å².